The number of nitrogens with zero attached hydrogens (tertiary/aromatic N) is 1. The number of rotatable bonds is 5. The first-order valence-electron chi connectivity index (χ1n) is 13.5. The van der Waals surface area contributed by atoms with Gasteiger partial charge in [-0.25, -0.2) is 0 Å². The van der Waals surface area contributed by atoms with Crippen LogP contribution in [0.2, 0.25) is 0 Å². The molecule has 196 valence electrons. The monoisotopic (exact) mass is 592 g/mol. The van der Waals surface area contributed by atoms with Gasteiger partial charge in [0.25, 0.3) is 5.91 Å². The van der Waals surface area contributed by atoms with Crippen molar-refractivity contribution >= 4 is 49.3 Å². The highest BCUT2D eigenvalue weighted by molar-refractivity contribution is 9.10. The van der Waals surface area contributed by atoms with Gasteiger partial charge in [0.15, 0.2) is 0 Å². The number of amides is 1. The molecular formula is C37H25BrN2O. The van der Waals surface area contributed by atoms with E-state index in [1.807, 2.05) is 48.5 Å². The van der Waals surface area contributed by atoms with E-state index < -0.39 is 0 Å². The van der Waals surface area contributed by atoms with Gasteiger partial charge in [-0.1, -0.05) is 107 Å². The first kappa shape index (κ1) is 25.1. The number of anilines is 1. The molecule has 0 spiro atoms. The summed E-state index contributed by atoms with van der Waals surface area (Å²) >= 11 is 3.44. The lowest BCUT2D eigenvalue weighted by atomic mass is 9.93. The first-order chi connectivity index (χ1) is 20.2. The fourth-order valence-corrected chi connectivity index (χ4v) is 5.87. The van der Waals surface area contributed by atoms with E-state index in [2.05, 4.69) is 123 Å². The molecule has 1 N–H and O–H groups in total. The van der Waals surface area contributed by atoms with Crippen LogP contribution in [0, 0.1) is 0 Å². The maximum absolute atomic E-state index is 13.1. The smallest absolute Gasteiger partial charge is 0.255 e. The minimum absolute atomic E-state index is 0.143. The Balaban J connectivity index is 1.33. The average Bonchev–Trinajstić information content (AvgIpc) is 3.36. The normalized spacial score (nSPS) is 11.1. The van der Waals surface area contributed by atoms with Crippen LogP contribution in [0.3, 0.4) is 0 Å². The highest BCUT2D eigenvalue weighted by atomic mass is 79.9. The highest BCUT2D eigenvalue weighted by Gasteiger charge is 2.16. The van der Waals surface area contributed by atoms with Gasteiger partial charge in [0.2, 0.25) is 0 Å². The third-order valence-corrected chi connectivity index (χ3v) is 8.02. The number of nitrogens with one attached hydrogen (secondary N) is 1. The third-order valence-electron chi connectivity index (χ3n) is 7.49. The molecule has 1 amide bonds. The van der Waals surface area contributed by atoms with Crippen LogP contribution < -0.4 is 5.32 Å². The molecule has 0 saturated carbocycles. The number of carbonyl (C=O) groups excluding carboxylic acids is 1. The number of aromatic nitrogens is 1. The van der Waals surface area contributed by atoms with Crippen LogP contribution in [0.25, 0.3) is 49.7 Å². The number of halogens is 1. The Bertz CT molecular complexity index is 2000. The minimum Gasteiger partial charge on any atom is -0.321 e. The van der Waals surface area contributed by atoms with E-state index >= 15 is 0 Å². The molecule has 1 aromatic heterocycles. The molecule has 0 aliphatic heterocycles. The summed E-state index contributed by atoms with van der Waals surface area (Å²) < 4.78 is 3.27. The summed E-state index contributed by atoms with van der Waals surface area (Å²) in [5.74, 6) is -0.143. The maximum Gasteiger partial charge on any atom is 0.255 e. The third kappa shape index (κ3) is 4.62. The number of carbonyl (C=O) groups is 1. The van der Waals surface area contributed by atoms with Gasteiger partial charge >= 0.3 is 0 Å². The largest absolute Gasteiger partial charge is 0.321 e. The number of hydrogen-bond donors (Lipinski definition) is 1. The van der Waals surface area contributed by atoms with Crippen LogP contribution in [0.4, 0.5) is 5.69 Å². The molecule has 0 aliphatic rings. The van der Waals surface area contributed by atoms with Gasteiger partial charge in [0, 0.05) is 37.7 Å². The second-order valence-corrected chi connectivity index (χ2v) is 10.9. The van der Waals surface area contributed by atoms with Crippen molar-refractivity contribution in [2.24, 2.45) is 0 Å². The number of para-hydroxylation sites is 3. The molecule has 6 aromatic carbocycles. The van der Waals surface area contributed by atoms with Crippen LogP contribution in [-0.2, 0) is 0 Å². The number of fused-ring (bicyclic) bond motifs is 3. The molecule has 0 atom stereocenters. The van der Waals surface area contributed by atoms with Crippen molar-refractivity contribution in [2.45, 2.75) is 0 Å². The molecule has 0 saturated heterocycles. The van der Waals surface area contributed by atoms with Crippen molar-refractivity contribution in [3.63, 3.8) is 0 Å². The maximum atomic E-state index is 13.1. The lowest BCUT2D eigenvalue weighted by Crippen LogP contribution is -2.12. The van der Waals surface area contributed by atoms with Crippen LogP contribution in [0.1, 0.15) is 10.4 Å². The lowest BCUT2D eigenvalue weighted by Gasteiger charge is -2.16. The van der Waals surface area contributed by atoms with E-state index in [1.165, 1.54) is 21.8 Å². The van der Waals surface area contributed by atoms with Crippen LogP contribution >= 0.6 is 15.9 Å². The molecule has 41 heavy (non-hydrogen) atoms. The second-order valence-electron chi connectivity index (χ2n) is 9.97. The Morgan fingerprint density at radius 3 is 1.85 bits per heavy atom. The van der Waals surface area contributed by atoms with Crippen molar-refractivity contribution in [1.82, 2.24) is 4.57 Å². The van der Waals surface area contributed by atoms with Crippen molar-refractivity contribution in [2.75, 3.05) is 5.32 Å². The van der Waals surface area contributed by atoms with Crippen LogP contribution in [0.5, 0.6) is 0 Å². The molecule has 0 aliphatic carbocycles. The Hall–Kier alpha value is -4.93. The molecule has 0 unspecified atom stereocenters. The van der Waals surface area contributed by atoms with Gasteiger partial charge in [-0.2, -0.15) is 0 Å². The van der Waals surface area contributed by atoms with Gasteiger partial charge in [0.05, 0.1) is 11.0 Å². The summed E-state index contributed by atoms with van der Waals surface area (Å²) in [7, 11) is 0. The van der Waals surface area contributed by atoms with E-state index in [1.54, 1.807) is 0 Å². The van der Waals surface area contributed by atoms with Gasteiger partial charge in [-0.3, -0.25) is 4.79 Å². The van der Waals surface area contributed by atoms with Gasteiger partial charge in [-0.05, 0) is 71.3 Å². The molecule has 0 radical (unpaired) electrons. The summed E-state index contributed by atoms with van der Waals surface area (Å²) in [4.78, 5) is 13.1. The van der Waals surface area contributed by atoms with E-state index in [4.69, 9.17) is 0 Å². The van der Waals surface area contributed by atoms with Crippen LogP contribution in [0.15, 0.2) is 150 Å². The van der Waals surface area contributed by atoms with E-state index in [0.717, 1.165) is 38.1 Å². The highest BCUT2D eigenvalue weighted by Crippen LogP contribution is 2.38. The average molecular weight is 594 g/mol. The molecule has 3 nitrogen and oxygen atoms in total. The number of benzene rings is 6. The van der Waals surface area contributed by atoms with Crippen LogP contribution in [-0.4, -0.2) is 10.5 Å². The zero-order valence-electron chi connectivity index (χ0n) is 22.1. The number of hydrogen-bond acceptors (Lipinski definition) is 1. The van der Waals surface area contributed by atoms with Crippen molar-refractivity contribution in [3.05, 3.63) is 156 Å². The summed E-state index contributed by atoms with van der Waals surface area (Å²) in [5.41, 5.74) is 9.07. The molecule has 4 heteroatoms. The molecule has 1 heterocycles. The first-order valence-corrected chi connectivity index (χ1v) is 14.3. The topological polar surface area (TPSA) is 34.0 Å². The standard InChI is InChI=1S/C37H25BrN2O/c38-27-22-20-25(21-23-27)37(41)39-34-17-6-3-14-31(34)30-13-2-1-12-29(30)26-10-9-11-28(24-26)40-35-18-7-4-15-32(35)33-16-5-8-19-36(33)40/h1-24H,(H,39,41). The summed E-state index contributed by atoms with van der Waals surface area (Å²) in [6.07, 6.45) is 0. The molecule has 7 aromatic rings. The summed E-state index contributed by atoms with van der Waals surface area (Å²) in [6, 6.07) is 49.5. The predicted molar refractivity (Wildman–Crippen MR) is 174 cm³/mol. The zero-order chi connectivity index (χ0) is 27.8. The Morgan fingerprint density at radius 2 is 1.15 bits per heavy atom. The molecular weight excluding hydrogens is 568 g/mol. The quantitative estimate of drug-likeness (QED) is 0.212. The molecule has 0 bridgehead atoms. The Morgan fingerprint density at radius 1 is 0.561 bits per heavy atom. The van der Waals surface area contributed by atoms with E-state index in [-0.39, 0.29) is 5.91 Å². The van der Waals surface area contributed by atoms with Gasteiger partial charge in [-0.15, -0.1) is 0 Å². The fraction of sp³-hybridized carbons (Fsp3) is 0. The molecule has 0 fully saturated rings. The SMILES string of the molecule is O=C(Nc1ccccc1-c1ccccc1-c1cccc(-n2c3ccccc3c3ccccc32)c1)c1ccc(Br)cc1. The Labute approximate surface area is 246 Å². The summed E-state index contributed by atoms with van der Waals surface area (Å²) in [6.45, 7) is 0. The van der Waals surface area contributed by atoms with Crippen molar-refractivity contribution in [3.8, 4) is 27.9 Å². The summed E-state index contributed by atoms with van der Waals surface area (Å²) in [5, 5.41) is 5.62. The van der Waals surface area contributed by atoms with E-state index in [0.29, 0.717) is 5.56 Å². The zero-order valence-corrected chi connectivity index (χ0v) is 23.7. The van der Waals surface area contributed by atoms with Crippen molar-refractivity contribution in [1.29, 1.82) is 0 Å². The van der Waals surface area contributed by atoms with Gasteiger partial charge < -0.3 is 9.88 Å². The second kappa shape index (κ2) is 10.6. The minimum atomic E-state index is -0.143. The Kier molecular flexibility index (Phi) is 6.46. The lowest BCUT2D eigenvalue weighted by molar-refractivity contribution is 0.102. The molecule has 7 rings (SSSR count). The van der Waals surface area contributed by atoms with Gasteiger partial charge in [0.1, 0.15) is 0 Å². The van der Waals surface area contributed by atoms with Crippen molar-refractivity contribution < 1.29 is 4.79 Å². The van der Waals surface area contributed by atoms with E-state index in [9.17, 15) is 4.79 Å². The fourth-order valence-electron chi connectivity index (χ4n) is 5.61. The predicted octanol–water partition coefficient (Wildman–Crippen LogP) is 10.1.